The number of para-hydroxylation sites is 2. The number of rotatable bonds is 4. The molecule has 7 fully saturated rings. The van der Waals surface area contributed by atoms with E-state index in [1.165, 1.54) is 33.6 Å². The summed E-state index contributed by atoms with van der Waals surface area (Å²) in [6.07, 6.45) is 1.05. The minimum absolute atomic E-state index is 0.323. The van der Waals surface area contributed by atoms with Gasteiger partial charge in [0, 0.05) is 0 Å². The topological polar surface area (TPSA) is 15.3 Å². The number of nitrogens with zero attached hydrogens (tertiary/aromatic N) is 1. The first-order valence-electron chi connectivity index (χ1n) is 13.8. The van der Waals surface area contributed by atoms with Gasteiger partial charge in [0.25, 0.3) is 0 Å². The van der Waals surface area contributed by atoms with Gasteiger partial charge in [-0.05, 0) is 0 Å². The quantitative estimate of drug-likeness (QED) is 0.296. The second kappa shape index (κ2) is 5.15. The van der Waals surface area contributed by atoms with Gasteiger partial charge < -0.3 is 0 Å². The van der Waals surface area contributed by atoms with Crippen molar-refractivity contribution >= 4 is 110 Å². The molecule has 0 atom stereocenters. The maximum atomic E-state index is 4.71. The van der Waals surface area contributed by atoms with Crippen molar-refractivity contribution in [2.45, 2.75) is 0 Å². The maximum absolute atomic E-state index is 4.71. The van der Waals surface area contributed by atoms with Crippen LogP contribution in [0.25, 0.3) is 11.1 Å². The Morgan fingerprint density at radius 2 is 1.49 bits per heavy atom. The second-order valence-corrected chi connectivity index (χ2v) is 23.3. The van der Waals surface area contributed by atoms with E-state index in [2.05, 4.69) is 117 Å². The Bertz CT molecular complexity index is 1830. The van der Waals surface area contributed by atoms with E-state index in [0.717, 1.165) is 31.1 Å². The summed E-state index contributed by atoms with van der Waals surface area (Å²) in [5.74, 6) is 0. The summed E-state index contributed by atoms with van der Waals surface area (Å²) in [6, 6.07) is 34.6. The Labute approximate surface area is 221 Å². The van der Waals surface area contributed by atoms with Gasteiger partial charge in [0.15, 0.2) is 0 Å². The van der Waals surface area contributed by atoms with E-state index >= 15 is 0 Å². The summed E-state index contributed by atoms with van der Waals surface area (Å²) in [5, 5.41) is 1.76. The standard InChI is InChI=1S/C24H16B9N2P2/c1-2-8-16(9-3-1)35-20-13-7-6-12-19(20)28-18-11-5-4-10-17(18)23-22(15-14-21(35)24(23)28)36(29-25-30(36)33(29)36)34-37-26-31(37)32(37)27-37/h1-15,34H/q-2. The van der Waals surface area contributed by atoms with Crippen LogP contribution < -0.4 is 31.5 Å². The minimum atomic E-state index is -2.02. The van der Waals surface area contributed by atoms with Crippen LogP contribution >= 0.6 is 12.7 Å². The number of hydrogen-bond acceptors (Lipinski definition) is 2. The first-order valence-corrected chi connectivity index (χ1v) is 18.8. The van der Waals surface area contributed by atoms with Crippen LogP contribution in [0.5, 0.6) is 0 Å². The molecule has 9 aliphatic rings. The molecule has 9 aliphatic heterocycles. The van der Waals surface area contributed by atoms with Crippen molar-refractivity contribution in [1.82, 2.24) is 4.86 Å². The fourth-order valence-corrected chi connectivity index (χ4v) is 29.3. The molecule has 2 nitrogen and oxygen atoms in total. The molecule has 1 spiro atoms. The van der Waals surface area contributed by atoms with Gasteiger partial charge in [-0.25, -0.2) is 0 Å². The molecule has 161 valence electrons. The van der Waals surface area contributed by atoms with Crippen LogP contribution in [0.2, 0.25) is 0 Å². The average molecular weight is 492 g/mol. The number of hydrogen-bond donors (Lipinski definition) is 1. The molecule has 4 aromatic rings. The number of anilines is 3. The zero-order valence-electron chi connectivity index (χ0n) is 20.2. The van der Waals surface area contributed by atoms with Crippen molar-refractivity contribution in [3.05, 3.63) is 91.0 Å². The first-order chi connectivity index (χ1) is 18.2. The molecular formula is C24H16B9N2P2-2. The van der Waals surface area contributed by atoms with Crippen molar-refractivity contribution in [3.63, 3.8) is 0 Å². The Hall–Kier alpha value is -1.92. The third-order valence-corrected chi connectivity index (χ3v) is 26.4. The monoisotopic (exact) mass is 493 g/mol. The zero-order chi connectivity index (χ0) is 23.6. The summed E-state index contributed by atoms with van der Waals surface area (Å²) in [7, 11) is 2.71. The predicted octanol–water partition coefficient (Wildman–Crippen LogP) is 1.32. The van der Waals surface area contributed by atoms with Gasteiger partial charge >= 0.3 is 222 Å². The van der Waals surface area contributed by atoms with Crippen molar-refractivity contribution in [1.29, 1.82) is 0 Å². The van der Waals surface area contributed by atoms with E-state index in [4.69, 9.17) is 4.86 Å². The molecule has 13 rings (SSSR count). The Balaban J connectivity index is 1.18. The molecule has 4 aromatic carbocycles. The Morgan fingerprint density at radius 1 is 0.757 bits per heavy atom. The van der Waals surface area contributed by atoms with Crippen molar-refractivity contribution in [2.75, 3.05) is 4.90 Å². The number of fused-ring (bicyclic) bond motifs is 6. The van der Waals surface area contributed by atoms with Gasteiger partial charge in [-0.15, -0.1) is 0 Å². The van der Waals surface area contributed by atoms with E-state index in [1.54, 1.807) is 16.3 Å². The summed E-state index contributed by atoms with van der Waals surface area (Å²) in [4.78, 5) is 7.24. The fraction of sp³-hybridized carbons (Fsp3) is 0. The SMILES string of the molecule is [B]1B2B3[B-]P123NP12(c3ccc4c5c3-c3ccccc3B5c3ccccc3N4c3ccccc3)B3[B-]B1B32. The molecule has 0 saturated carbocycles. The predicted molar refractivity (Wildman–Crippen MR) is 174 cm³/mol. The van der Waals surface area contributed by atoms with Gasteiger partial charge in [-0.3, -0.25) is 0 Å². The van der Waals surface area contributed by atoms with E-state index in [9.17, 15) is 0 Å². The van der Waals surface area contributed by atoms with E-state index in [1.807, 2.05) is 0 Å². The molecule has 2 bridgehead atoms. The van der Waals surface area contributed by atoms with Gasteiger partial charge in [-0.1, -0.05) is 0 Å². The molecule has 0 aliphatic carbocycles. The molecule has 37 heavy (non-hydrogen) atoms. The zero-order valence-corrected chi connectivity index (χ0v) is 22.0. The van der Waals surface area contributed by atoms with Crippen LogP contribution in [0.3, 0.4) is 0 Å². The van der Waals surface area contributed by atoms with E-state index < -0.39 is 12.7 Å². The van der Waals surface area contributed by atoms with Gasteiger partial charge in [0.2, 0.25) is 0 Å². The molecule has 5 radical (unpaired) electrons. The molecule has 0 unspecified atom stereocenters. The van der Waals surface area contributed by atoms with Crippen molar-refractivity contribution in [2.24, 2.45) is 0 Å². The van der Waals surface area contributed by atoms with Crippen LogP contribution in [-0.2, 0) is 0 Å². The van der Waals surface area contributed by atoms with E-state index in [-0.39, 0.29) is 0 Å². The summed E-state index contributed by atoms with van der Waals surface area (Å²) >= 11 is 0. The fourth-order valence-electron chi connectivity index (χ4n) is 9.88. The molecule has 13 heteroatoms. The van der Waals surface area contributed by atoms with Crippen LogP contribution in [-0.4, -0.2) is 58.6 Å². The van der Waals surface area contributed by atoms with Crippen molar-refractivity contribution in [3.8, 4) is 11.1 Å². The molecule has 0 amide bonds. The van der Waals surface area contributed by atoms with Crippen molar-refractivity contribution < 1.29 is 0 Å². The third kappa shape index (κ3) is 1.62. The molecule has 1 N–H and O–H groups in total. The summed E-state index contributed by atoms with van der Waals surface area (Å²) < 4.78 is 0. The van der Waals surface area contributed by atoms with Gasteiger partial charge in [-0.2, -0.15) is 0 Å². The van der Waals surface area contributed by atoms with Crippen LogP contribution in [0.4, 0.5) is 17.1 Å². The number of nitrogens with one attached hydrogen (secondary N) is 1. The van der Waals surface area contributed by atoms with Gasteiger partial charge in [0.1, 0.15) is 0 Å². The Kier molecular flexibility index (Phi) is 2.67. The molecular weight excluding hydrogens is 476 g/mol. The van der Waals surface area contributed by atoms with E-state index in [0.29, 0.717) is 6.71 Å². The molecule has 0 aromatic heterocycles. The van der Waals surface area contributed by atoms with Gasteiger partial charge in [0.05, 0.1) is 0 Å². The van der Waals surface area contributed by atoms with Crippen LogP contribution in [0.15, 0.2) is 91.0 Å². The molecule has 7 saturated heterocycles. The second-order valence-electron chi connectivity index (χ2n) is 12.9. The normalized spacial score (nSPS) is 27.3. The summed E-state index contributed by atoms with van der Waals surface area (Å²) in [6.45, 7) is 5.84. The van der Waals surface area contributed by atoms with Crippen LogP contribution in [0, 0.1) is 0 Å². The average Bonchev–Trinajstić information content (AvgIpc) is 3.87. The van der Waals surface area contributed by atoms with Crippen LogP contribution in [0.1, 0.15) is 0 Å². The Morgan fingerprint density at radius 3 is 2.19 bits per heavy atom. The summed E-state index contributed by atoms with van der Waals surface area (Å²) in [5.41, 5.74) is 11.6. The number of benzene rings is 4. The first kappa shape index (κ1) is 19.2. The third-order valence-electron chi connectivity index (χ3n) is 12.0. The molecule has 9 heterocycles.